The van der Waals surface area contributed by atoms with E-state index in [9.17, 15) is 18.0 Å². The SMILES string of the molecule is Cc1nn(CCOc2ccccc2)c(=O)n1N(C)c1ncc(C(F)(F)F)cc1Cl. The van der Waals surface area contributed by atoms with Crippen molar-refractivity contribution in [3.63, 3.8) is 0 Å². The number of nitrogens with zero attached hydrogens (tertiary/aromatic N) is 5. The lowest BCUT2D eigenvalue weighted by Crippen LogP contribution is -2.38. The second kappa shape index (κ2) is 8.16. The Kier molecular flexibility index (Phi) is 5.83. The van der Waals surface area contributed by atoms with E-state index in [1.165, 1.54) is 21.4 Å². The van der Waals surface area contributed by atoms with Gasteiger partial charge < -0.3 is 4.74 Å². The average molecular weight is 428 g/mol. The molecule has 154 valence electrons. The Morgan fingerprint density at radius 2 is 1.93 bits per heavy atom. The van der Waals surface area contributed by atoms with Crippen molar-refractivity contribution in [2.24, 2.45) is 0 Å². The molecule has 7 nitrogen and oxygen atoms in total. The number of rotatable bonds is 6. The van der Waals surface area contributed by atoms with Crippen LogP contribution in [0.15, 0.2) is 47.4 Å². The monoisotopic (exact) mass is 427 g/mol. The maximum absolute atomic E-state index is 12.8. The van der Waals surface area contributed by atoms with Crippen LogP contribution in [-0.2, 0) is 12.7 Å². The van der Waals surface area contributed by atoms with E-state index >= 15 is 0 Å². The first-order chi connectivity index (χ1) is 13.7. The van der Waals surface area contributed by atoms with Crippen molar-refractivity contribution < 1.29 is 17.9 Å². The van der Waals surface area contributed by atoms with Crippen molar-refractivity contribution >= 4 is 17.4 Å². The predicted octanol–water partition coefficient (Wildman–Crippen LogP) is 3.40. The first kappa shape index (κ1) is 20.7. The summed E-state index contributed by atoms with van der Waals surface area (Å²) in [6, 6.07) is 9.86. The number of benzene rings is 1. The lowest BCUT2D eigenvalue weighted by atomic mass is 10.3. The number of hydrogen-bond donors (Lipinski definition) is 0. The zero-order valence-corrected chi connectivity index (χ0v) is 16.3. The van der Waals surface area contributed by atoms with Gasteiger partial charge in [-0.25, -0.2) is 14.5 Å². The molecule has 0 spiro atoms. The number of pyridine rings is 1. The van der Waals surface area contributed by atoms with Gasteiger partial charge in [0.15, 0.2) is 11.6 Å². The van der Waals surface area contributed by atoms with Gasteiger partial charge >= 0.3 is 11.9 Å². The first-order valence-electron chi connectivity index (χ1n) is 8.49. The van der Waals surface area contributed by atoms with Gasteiger partial charge in [-0.1, -0.05) is 29.8 Å². The fourth-order valence-electron chi connectivity index (χ4n) is 2.68. The van der Waals surface area contributed by atoms with Gasteiger partial charge in [0.1, 0.15) is 12.4 Å². The minimum Gasteiger partial charge on any atom is -0.492 e. The van der Waals surface area contributed by atoms with Gasteiger partial charge in [0, 0.05) is 13.2 Å². The van der Waals surface area contributed by atoms with Crippen LogP contribution in [0.2, 0.25) is 5.02 Å². The van der Waals surface area contributed by atoms with Crippen LogP contribution in [0, 0.1) is 6.92 Å². The largest absolute Gasteiger partial charge is 0.492 e. The Hall–Kier alpha value is -3.01. The zero-order valence-electron chi connectivity index (χ0n) is 15.5. The van der Waals surface area contributed by atoms with E-state index in [-0.39, 0.29) is 24.0 Å². The Bertz CT molecular complexity index is 1050. The maximum Gasteiger partial charge on any atom is 0.417 e. The molecule has 0 N–H and O–H groups in total. The van der Waals surface area contributed by atoms with E-state index in [0.29, 0.717) is 17.8 Å². The molecule has 0 amide bonds. The van der Waals surface area contributed by atoms with Crippen LogP contribution < -0.4 is 15.4 Å². The molecule has 0 bridgehead atoms. The Morgan fingerprint density at radius 3 is 2.55 bits per heavy atom. The summed E-state index contributed by atoms with van der Waals surface area (Å²) in [5.74, 6) is 0.967. The van der Waals surface area contributed by atoms with Crippen LogP contribution in [0.5, 0.6) is 5.75 Å². The van der Waals surface area contributed by atoms with Crippen LogP contribution >= 0.6 is 11.6 Å². The quantitative estimate of drug-likeness (QED) is 0.603. The van der Waals surface area contributed by atoms with Crippen molar-refractivity contribution in [2.45, 2.75) is 19.6 Å². The molecule has 0 unspecified atom stereocenters. The fourth-order valence-corrected chi connectivity index (χ4v) is 2.97. The van der Waals surface area contributed by atoms with Crippen molar-refractivity contribution in [2.75, 3.05) is 18.7 Å². The van der Waals surface area contributed by atoms with Crippen LogP contribution in [0.3, 0.4) is 0 Å². The summed E-state index contributed by atoms with van der Waals surface area (Å²) < 4.78 is 46.3. The van der Waals surface area contributed by atoms with E-state index in [1.54, 1.807) is 19.1 Å². The fraction of sp³-hybridized carbons (Fsp3) is 0.278. The molecular formula is C18H17ClF3N5O2. The third-order valence-electron chi connectivity index (χ3n) is 4.04. The van der Waals surface area contributed by atoms with E-state index in [4.69, 9.17) is 16.3 Å². The molecule has 3 rings (SSSR count). The molecule has 0 aliphatic carbocycles. The Balaban J connectivity index is 1.80. The van der Waals surface area contributed by atoms with Gasteiger partial charge in [-0.05, 0) is 25.1 Å². The van der Waals surface area contributed by atoms with Crippen molar-refractivity contribution in [3.05, 3.63) is 69.5 Å². The number of alkyl halides is 3. The number of aromatic nitrogens is 4. The molecule has 0 aliphatic rings. The molecule has 0 fully saturated rings. The van der Waals surface area contributed by atoms with Crippen LogP contribution in [0.1, 0.15) is 11.4 Å². The lowest BCUT2D eigenvalue weighted by molar-refractivity contribution is -0.137. The maximum atomic E-state index is 12.8. The van der Waals surface area contributed by atoms with Gasteiger partial charge in [0.25, 0.3) is 0 Å². The third kappa shape index (κ3) is 4.53. The smallest absolute Gasteiger partial charge is 0.417 e. The van der Waals surface area contributed by atoms with Gasteiger partial charge in [-0.2, -0.15) is 22.9 Å². The number of ether oxygens (including phenoxy) is 1. The molecule has 2 heterocycles. The van der Waals surface area contributed by atoms with Crippen LogP contribution in [-0.4, -0.2) is 33.1 Å². The Labute approximate surface area is 168 Å². The van der Waals surface area contributed by atoms with E-state index in [1.807, 2.05) is 18.2 Å². The van der Waals surface area contributed by atoms with Gasteiger partial charge in [-0.3, -0.25) is 5.01 Å². The topological polar surface area (TPSA) is 65.2 Å². The molecule has 0 saturated carbocycles. The summed E-state index contributed by atoms with van der Waals surface area (Å²) in [5, 5.41) is 5.18. The molecule has 0 saturated heterocycles. The number of halogens is 4. The minimum atomic E-state index is -4.57. The number of anilines is 1. The molecule has 0 atom stereocenters. The highest BCUT2D eigenvalue weighted by molar-refractivity contribution is 6.33. The van der Waals surface area contributed by atoms with Crippen LogP contribution in [0.25, 0.3) is 0 Å². The standard InChI is InChI=1S/C18H17ClF3N5O2/c1-12-24-26(8-9-29-14-6-4-3-5-7-14)17(28)27(12)25(2)16-15(19)10-13(11-23-16)18(20,21)22/h3-7,10-11H,8-9H2,1-2H3. The zero-order chi connectivity index (χ0) is 21.2. The summed E-state index contributed by atoms with van der Waals surface area (Å²) in [4.78, 5) is 16.5. The second-order valence-corrected chi connectivity index (χ2v) is 6.48. The van der Waals surface area contributed by atoms with Crippen molar-refractivity contribution in [1.82, 2.24) is 19.4 Å². The van der Waals surface area contributed by atoms with Crippen molar-refractivity contribution in [3.8, 4) is 5.75 Å². The summed E-state index contributed by atoms with van der Waals surface area (Å²) in [6.45, 7) is 1.98. The van der Waals surface area contributed by atoms with Gasteiger partial charge in [0.05, 0.1) is 17.1 Å². The van der Waals surface area contributed by atoms with Gasteiger partial charge in [0.2, 0.25) is 0 Å². The number of para-hydroxylation sites is 1. The normalized spacial score (nSPS) is 11.5. The Morgan fingerprint density at radius 1 is 1.24 bits per heavy atom. The third-order valence-corrected chi connectivity index (χ3v) is 4.32. The molecule has 1 aromatic carbocycles. The highest BCUT2D eigenvalue weighted by Crippen LogP contribution is 2.33. The van der Waals surface area contributed by atoms with E-state index in [2.05, 4.69) is 10.1 Å². The lowest BCUT2D eigenvalue weighted by Gasteiger charge is -2.20. The summed E-state index contributed by atoms with van der Waals surface area (Å²) in [5.41, 5.74) is -1.48. The first-order valence-corrected chi connectivity index (χ1v) is 8.87. The molecule has 2 aromatic heterocycles. The van der Waals surface area contributed by atoms with Crippen molar-refractivity contribution in [1.29, 1.82) is 0 Å². The average Bonchev–Trinajstić information content (AvgIpc) is 2.95. The highest BCUT2D eigenvalue weighted by Gasteiger charge is 2.32. The molecule has 29 heavy (non-hydrogen) atoms. The number of aryl methyl sites for hydroxylation is 1. The second-order valence-electron chi connectivity index (χ2n) is 6.08. The van der Waals surface area contributed by atoms with E-state index in [0.717, 1.165) is 6.07 Å². The summed E-state index contributed by atoms with van der Waals surface area (Å²) in [7, 11) is 1.46. The molecule has 11 heteroatoms. The summed E-state index contributed by atoms with van der Waals surface area (Å²) in [6.07, 6.45) is -3.90. The minimum absolute atomic E-state index is 0.00930. The molecule has 0 aliphatic heterocycles. The van der Waals surface area contributed by atoms with Gasteiger partial charge in [-0.15, -0.1) is 0 Å². The molecule has 0 radical (unpaired) electrons. The van der Waals surface area contributed by atoms with Crippen LogP contribution in [0.4, 0.5) is 19.0 Å². The van der Waals surface area contributed by atoms with E-state index < -0.39 is 17.4 Å². The molecule has 3 aromatic rings. The predicted molar refractivity (Wildman–Crippen MR) is 101 cm³/mol. The highest BCUT2D eigenvalue weighted by atomic mass is 35.5. The molecular weight excluding hydrogens is 411 g/mol. The number of hydrogen-bond acceptors (Lipinski definition) is 5. The summed E-state index contributed by atoms with van der Waals surface area (Å²) >= 11 is 5.98.